The second-order valence-corrected chi connectivity index (χ2v) is 6.72. The molecule has 1 fully saturated rings. The first-order valence-electron chi connectivity index (χ1n) is 8.80. The largest absolute Gasteiger partial charge is 0.388 e. The van der Waals surface area contributed by atoms with Gasteiger partial charge in [0.1, 0.15) is 0 Å². The lowest BCUT2D eigenvalue weighted by Gasteiger charge is -2.37. The van der Waals surface area contributed by atoms with Gasteiger partial charge in [0.05, 0.1) is 12.1 Å². The number of hydrogen-bond donors (Lipinski definition) is 2. The van der Waals surface area contributed by atoms with Crippen LogP contribution in [0, 0.1) is 5.92 Å². The Morgan fingerprint density at radius 2 is 1.87 bits per heavy atom. The Morgan fingerprint density at radius 1 is 1.26 bits per heavy atom. The van der Waals surface area contributed by atoms with Gasteiger partial charge in [-0.2, -0.15) is 0 Å². The van der Waals surface area contributed by atoms with Crippen molar-refractivity contribution >= 4 is 5.91 Å². The van der Waals surface area contributed by atoms with Crippen molar-refractivity contribution < 1.29 is 9.90 Å². The number of aliphatic hydroxyl groups is 1. The minimum absolute atomic E-state index is 0.0983. The van der Waals surface area contributed by atoms with Gasteiger partial charge in [0.2, 0.25) is 5.91 Å². The van der Waals surface area contributed by atoms with Crippen molar-refractivity contribution in [1.82, 2.24) is 10.2 Å². The van der Waals surface area contributed by atoms with E-state index in [1.165, 1.54) is 0 Å². The maximum atomic E-state index is 12.2. The van der Waals surface area contributed by atoms with Crippen LogP contribution in [0.15, 0.2) is 30.3 Å². The van der Waals surface area contributed by atoms with E-state index in [0.29, 0.717) is 0 Å². The summed E-state index contributed by atoms with van der Waals surface area (Å²) in [5.74, 6) is 0.389. The summed E-state index contributed by atoms with van der Waals surface area (Å²) in [6, 6.07) is 10.0. The van der Waals surface area contributed by atoms with Gasteiger partial charge < -0.3 is 10.4 Å². The number of carbonyl (C=O) groups excluding carboxylic acids is 1. The van der Waals surface area contributed by atoms with Gasteiger partial charge in [0.15, 0.2) is 0 Å². The minimum atomic E-state index is -0.400. The molecule has 1 aliphatic heterocycles. The molecule has 1 heterocycles. The summed E-state index contributed by atoms with van der Waals surface area (Å²) in [4.78, 5) is 14.5. The number of aliphatic hydroxyl groups excluding tert-OH is 1. The number of piperidine rings is 1. The van der Waals surface area contributed by atoms with E-state index in [2.05, 4.69) is 17.1 Å². The average molecular weight is 318 g/mol. The van der Waals surface area contributed by atoms with Crippen molar-refractivity contribution in [2.45, 2.75) is 58.2 Å². The number of benzene rings is 1. The van der Waals surface area contributed by atoms with E-state index in [1.807, 2.05) is 44.2 Å². The molecule has 3 atom stereocenters. The highest BCUT2D eigenvalue weighted by molar-refractivity contribution is 5.81. The van der Waals surface area contributed by atoms with Crippen molar-refractivity contribution in [2.75, 3.05) is 13.1 Å². The molecule has 0 aromatic heterocycles. The van der Waals surface area contributed by atoms with Crippen LogP contribution in [0.1, 0.15) is 51.7 Å². The first-order chi connectivity index (χ1) is 11.0. The molecule has 0 aliphatic carbocycles. The fraction of sp³-hybridized carbons (Fsp3) is 0.632. The second-order valence-electron chi connectivity index (χ2n) is 6.72. The molecule has 1 aliphatic rings. The number of amides is 1. The molecule has 128 valence electrons. The minimum Gasteiger partial charge on any atom is -0.388 e. The third kappa shape index (κ3) is 4.79. The Kier molecular flexibility index (Phi) is 6.60. The van der Waals surface area contributed by atoms with Crippen LogP contribution < -0.4 is 5.32 Å². The third-order valence-corrected chi connectivity index (χ3v) is 5.09. The molecular weight excluding hydrogens is 288 g/mol. The number of rotatable bonds is 6. The zero-order valence-corrected chi connectivity index (χ0v) is 14.5. The standard InChI is InChI=1S/C19H30N2O2/c1-4-14(2)20-19(23)15(3)21-12-10-17(11-13-21)18(22)16-8-6-5-7-9-16/h5-9,14-15,17-18,22H,4,10-13H2,1-3H3,(H,20,23). The Labute approximate surface area is 139 Å². The number of hydrogen-bond acceptors (Lipinski definition) is 3. The second kappa shape index (κ2) is 8.46. The highest BCUT2D eigenvalue weighted by atomic mass is 16.3. The molecular formula is C19H30N2O2. The highest BCUT2D eigenvalue weighted by Crippen LogP contribution is 2.31. The zero-order chi connectivity index (χ0) is 16.8. The first kappa shape index (κ1) is 18.0. The van der Waals surface area contributed by atoms with E-state index >= 15 is 0 Å². The fourth-order valence-electron chi connectivity index (χ4n) is 3.18. The molecule has 3 unspecified atom stereocenters. The average Bonchev–Trinajstić information content (AvgIpc) is 2.61. The Hall–Kier alpha value is -1.39. The normalized spacial score (nSPS) is 20.7. The van der Waals surface area contributed by atoms with Crippen LogP contribution in [0.2, 0.25) is 0 Å². The lowest BCUT2D eigenvalue weighted by Crippen LogP contribution is -2.50. The molecule has 1 aromatic rings. The number of nitrogens with one attached hydrogen (secondary N) is 1. The number of likely N-dealkylation sites (tertiary alicyclic amines) is 1. The SMILES string of the molecule is CCC(C)NC(=O)C(C)N1CCC(C(O)c2ccccc2)CC1. The van der Waals surface area contributed by atoms with Crippen LogP contribution in [0.25, 0.3) is 0 Å². The summed E-state index contributed by atoms with van der Waals surface area (Å²) in [6.45, 7) is 7.82. The molecule has 1 aromatic carbocycles. The van der Waals surface area contributed by atoms with Gasteiger partial charge in [-0.15, -0.1) is 0 Å². The molecule has 4 heteroatoms. The first-order valence-corrected chi connectivity index (χ1v) is 8.80. The zero-order valence-electron chi connectivity index (χ0n) is 14.5. The summed E-state index contributed by atoms with van der Waals surface area (Å²) >= 11 is 0. The third-order valence-electron chi connectivity index (χ3n) is 5.09. The smallest absolute Gasteiger partial charge is 0.237 e. The van der Waals surface area contributed by atoms with Crippen LogP contribution in [-0.2, 0) is 4.79 Å². The van der Waals surface area contributed by atoms with Crippen LogP contribution in [0.3, 0.4) is 0 Å². The summed E-state index contributed by atoms with van der Waals surface area (Å²) in [7, 11) is 0. The Bertz CT molecular complexity index is 483. The lowest BCUT2D eigenvalue weighted by molar-refractivity contribution is -0.127. The van der Waals surface area contributed by atoms with Crippen molar-refractivity contribution in [1.29, 1.82) is 0 Å². The summed E-state index contributed by atoms with van der Waals surface area (Å²) < 4.78 is 0. The quantitative estimate of drug-likeness (QED) is 0.848. The van der Waals surface area contributed by atoms with E-state index < -0.39 is 6.10 Å². The predicted molar refractivity (Wildman–Crippen MR) is 93.1 cm³/mol. The van der Waals surface area contributed by atoms with Gasteiger partial charge in [-0.05, 0) is 57.7 Å². The molecule has 0 bridgehead atoms. The van der Waals surface area contributed by atoms with Gasteiger partial charge in [-0.3, -0.25) is 9.69 Å². The molecule has 2 N–H and O–H groups in total. The van der Waals surface area contributed by atoms with Crippen molar-refractivity contribution in [2.24, 2.45) is 5.92 Å². The molecule has 0 saturated carbocycles. The molecule has 4 nitrogen and oxygen atoms in total. The Morgan fingerprint density at radius 3 is 2.43 bits per heavy atom. The maximum Gasteiger partial charge on any atom is 0.237 e. The maximum absolute atomic E-state index is 12.2. The van der Waals surface area contributed by atoms with Gasteiger partial charge in [-0.1, -0.05) is 37.3 Å². The van der Waals surface area contributed by atoms with Gasteiger partial charge in [-0.25, -0.2) is 0 Å². The van der Waals surface area contributed by atoms with Crippen molar-refractivity contribution in [3.63, 3.8) is 0 Å². The molecule has 23 heavy (non-hydrogen) atoms. The highest BCUT2D eigenvalue weighted by Gasteiger charge is 2.30. The Balaban J connectivity index is 1.84. The molecule has 1 saturated heterocycles. The van der Waals surface area contributed by atoms with E-state index in [0.717, 1.165) is 37.9 Å². The summed E-state index contributed by atoms with van der Waals surface area (Å²) in [5.41, 5.74) is 0.994. The molecule has 0 radical (unpaired) electrons. The molecule has 2 rings (SSSR count). The van der Waals surface area contributed by atoms with Crippen LogP contribution in [-0.4, -0.2) is 41.1 Å². The fourth-order valence-corrected chi connectivity index (χ4v) is 3.18. The van der Waals surface area contributed by atoms with Gasteiger partial charge in [0.25, 0.3) is 0 Å². The van der Waals surface area contributed by atoms with Crippen LogP contribution >= 0.6 is 0 Å². The predicted octanol–water partition coefficient (Wildman–Crippen LogP) is 2.74. The number of nitrogens with zero attached hydrogens (tertiary/aromatic N) is 1. The van der Waals surface area contributed by atoms with E-state index in [4.69, 9.17) is 0 Å². The van der Waals surface area contributed by atoms with E-state index in [9.17, 15) is 9.90 Å². The summed E-state index contributed by atoms with van der Waals surface area (Å²) in [5, 5.41) is 13.6. The molecule has 0 spiro atoms. The van der Waals surface area contributed by atoms with E-state index in [1.54, 1.807) is 0 Å². The number of carbonyl (C=O) groups is 1. The van der Waals surface area contributed by atoms with Crippen molar-refractivity contribution in [3.05, 3.63) is 35.9 Å². The monoisotopic (exact) mass is 318 g/mol. The summed E-state index contributed by atoms with van der Waals surface area (Å²) in [6.07, 6.45) is 2.40. The van der Waals surface area contributed by atoms with Crippen molar-refractivity contribution in [3.8, 4) is 0 Å². The van der Waals surface area contributed by atoms with Crippen LogP contribution in [0.5, 0.6) is 0 Å². The topological polar surface area (TPSA) is 52.6 Å². The van der Waals surface area contributed by atoms with Gasteiger partial charge in [0, 0.05) is 6.04 Å². The molecule has 1 amide bonds. The lowest BCUT2D eigenvalue weighted by atomic mass is 9.87. The van der Waals surface area contributed by atoms with E-state index in [-0.39, 0.29) is 23.9 Å². The van der Waals surface area contributed by atoms with Crippen LogP contribution in [0.4, 0.5) is 0 Å². The van der Waals surface area contributed by atoms with Gasteiger partial charge >= 0.3 is 0 Å².